The number of thiazole rings is 1. The van der Waals surface area contributed by atoms with Gasteiger partial charge in [-0.3, -0.25) is 14.9 Å². The van der Waals surface area contributed by atoms with E-state index in [-0.39, 0.29) is 12.3 Å². The van der Waals surface area contributed by atoms with Gasteiger partial charge in [0.05, 0.1) is 10.6 Å². The first-order chi connectivity index (χ1) is 9.15. The zero-order valence-electron chi connectivity index (χ0n) is 9.96. The Bertz CT molecular complexity index is 563. The van der Waals surface area contributed by atoms with Crippen LogP contribution in [0.1, 0.15) is 28.2 Å². The number of aromatic nitrogens is 1. The molecule has 0 spiro atoms. The minimum Gasteiger partial charge on any atom is -0.481 e. The maximum absolute atomic E-state index is 11.8. The van der Waals surface area contributed by atoms with Crippen molar-refractivity contribution in [2.75, 3.05) is 5.32 Å². The first kappa shape index (κ1) is 13.7. The summed E-state index contributed by atoms with van der Waals surface area (Å²) in [5, 5.41) is 15.5. The quantitative estimate of drug-likeness (QED) is 0.859. The number of carbonyl (C=O) groups is 2. The highest BCUT2D eigenvalue weighted by atomic mass is 32.1. The molecule has 2 rings (SSSR count). The lowest BCUT2D eigenvalue weighted by Gasteiger charge is -1.98. The summed E-state index contributed by atoms with van der Waals surface area (Å²) in [6.45, 7) is 0. The number of aliphatic carboxylic acids is 1. The monoisotopic (exact) mass is 296 g/mol. The van der Waals surface area contributed by atoms with Gasteiger partial charge in [-0.05, 0) is 24.3 Å². The first-order valence-corrected chi connectivity index (χ1v) is 7.42. The largest absolute Gasteiger partial charge is 0.481 e. The molecule has 0 saturated heterocycles. The van der Waals surface area contributed by atoms with E-state index in [0.29, 0.717) is 22.9 Å². The van der Waals surface area contributed by atoms with Crippen LogP contribution in [0.2, 0.25) is 0 Å². The van der Waals surface area contributed by atoms with Gasteiger partial charge in [0, 0.05) is 11.8 Å². The van der Waals surface area contributed by atoms with Crippen LogP contribution in [0.25, 0.3) is 0 Å². The van der Waals surface area contributed by atoms with Gasteiger partial charge in [-0.1, -0.05) is 6.07 Å². The second kappa shape index (κ2) is 6.44. The minimum absolute atomic E-state index is 0.133. The Hall–Kier alpha value is -1.73. The van der Waals surface area contributed by atoms with Gasteiger partial charge >= 0.3 is 5.97 Å². The van der Waals surface area contributed by atoms with Crippen LogP contribution in [-0.2, 0) is 11.2 Å². The Morgan fingerprint density at radius 3 is 2.89 bits per heavy atom. The number of amides is 1. The third-order valence-electron chi connectivity index (χ3n) is 2.34. The summed E-state index contributed by atoms with van der Waals surface area (Å²) in [6, 6.07) is 3.57. The van der Waals surface area contributed by atoms with E-state index in [2.05, 4.69) is 10.3 Å². The van der Waals surface area contributed by atoms with Gasteiger partial charge in [-0.2, -0.15) is 0 Å². The van der Waals surface area contributed by atoms with Crippen LogP contribution in [0.3, 0.4) is 0 Å². The zero-order valence-corrected chi connectivity index (χ0v) is 11.6. The molecule has 7 heteroatoms. The van der Waals surface area contributed by atoms with Crippen LogP contribution < -0.4 is 5.32 Å². The Kier molecular flexibility index (Phi) is 4.64. The fourth-order valence-corrected chi connectivity index (χ4v) is 2.83. The number of rotatable bonds is 6. The van der Waals surface area contributed by atoms with E-state index < -0.39 is 5.97 Å². The summed E-state index contributed by atoms with van der Waals surface area (Å²) in [6.07, 6.45) is 1.30. The SMILES string of the molecule is O=C(O)CCCc1csc(NC(=O)c2cccs2)n1. The molecule has 0 bridgehead atoms. The topological polar surface area (TPSA) is 79.3 Å². The highest BCUT2D eigenvalue weighted by Gasteiger charge is 2.09. The number of nitrogens with one attached hydrogen (secondary N) is 1. The van der Waals surface area contributed by atoms with Gasteiger partial charge in [-0.15, -0.1) is 22.7 Å². The maximum atomic E-state index is 11.8. The summed E-state index contributed by atoms with van der Waals surface area (Å²) < 4.78 is 0. The van der Waals surface area contributed by atoms with E-state index in [1.165, 1.54) is 22.7 Å². The van der Waals surface area contributed by atoms with Gasteiger partial charge in [0.15, 0.2) is 5.13 Å². The van der Waals surface area contributed by atoms with Crippen LogP contribution in [0, 0.1) is 0 Å². The smallest absolute Gasteiger partial charge is 0.303 e. The molecule has 0 saturated carbocycles. The molecule has 0 aliphatic carbocycles. The first-order valence-electron chi connectivity index (χ1n) is 5.66. The van der Waals surface area contributed by atoms with Gasteiger partial charge in [-0.25, -0.2) is 4.98 Å². The lowest BCUT2D eigenvalue weighted by Crippen LogP contribution is -2.09. The second-order valence-corrected chi connectivity index (χ2v) is 5.63. The predicted molar refractivity (Wildman–Crippen MR) is 75.0 cm³/mol. The molecule has 0 radical (unpaired) electrons. The second-order valence-electron chi connectivity index (χ2n) is 3.82. The van der Waals surface area contributed by atoms with Crippen molar-refractivity contribution in [3.8, 4) is 0 Å². The molecule has 5 nitrogen and oxygen atoms in total. The fourth-order valence-electron chi connectivity index (χ4n) is 1.47. The number of hydrogen-bond acceptors (Lipinski definition) is 5. The third kappa shape index (κ3) is 4.15. The van der Waals surface area contributed by atoms with Gasteiger partial charge in [0.1, 0.15) is 0 Å². The molecule has 19 heavy (non-hydrogen) atoms. The molecule has 0 aliphatic heterocycles. The number of anilines is 1. The van der Waals surface area contributed by atoms with Crippen molar-refractivity contribution >= 4 is 39.7 Å². The average Bonchev–Trinajstić information content (AvgIpc) is 2.99. The van der Waals surface area contributed by atoms with Gasteiger partial charge in [0.25, 0.3) is 5.91 Å². The van der Waals surface area contributed by atoms with Crippen molar-refractivity contribution < 1.29 is 14.7 Å². The Balaban J connectivity index is 1.87. The van der Waals surface area contributed by atoms with Crippen molar-refractivity contribution in [3.05, 3.63) is 33.5 Å². The number of carboxylic acids is 1. The molecular weight excluding hydrogens is 284 g/mol. The molecule has 2 aromatic heterocycles. The van der Waals surface area contributed by atoms with E-state index in [1.807, 2.05) is 16.8 Å². The fraction of sp³-hybridized carbons (Fsp3) is 0.250. The molecule has 100 valence electrons. The molecule has 0 fully saturated rings. The van der Waals surface area contributed by atoms with Crippen LogP contribution >= 0.6 is 22.7 Å². The Morgan fingerprint density at radius 1 is 1.37 bits per heavy atom. The minimum atomic E-state index is -0.804. The molecule has 1 amide bonds. The molecule has 0 atom stereocenters. The maximum Gasteiger partial charge on any atom is 0.303 e. The molecule has 0 aliphatic rings. The standard InChI is InChI=1S/C12H12N2O3S2/c15-10(16)5-1-3-8-7-19-12(13-8)14-11(17)9-4-2-6-18-9/h2,4,6-7H,1,3,5H2,(H,15,16)(H,13,14,17). The molecule has 2 N–H and O–H groups in total. The van der Waals surface area contributed by atoms with Gasteiger partial charge < -0.3 is 5.11 Å². The van der Waals surface area contributed by atoms with Gasteiger partial charge in [0.2, 0.25) is 0 Å². The summed E-state index contributed by atoms with van der Waals surface area (Å²) >= 11 is 2.72. The molecule has 0 aromatic carbocycles. The van der Waals surface area contributed by atoms with Crippen LogP contribution in [-0.4, -0.2) is 22.0 Å². The van der Waals surface area contributed by atoms with E-state index in [0.717, 1.165) is 5.69 Å². The van der Waals surface area contributed by atoms with Crippen LogP contribution in [0.4, 0.5) is 5.13 Å². The van der Waals surface area contributed by atoms with Crippen molar-refractivity contribution in [2.24, 2.45) is 0 Å². The predicted octanol–water partition coefficient (Wildman–Crippen LogP) is 2.86. The zero-order chi connectivity index (χ0) is 13.7. The molecule has 2 heterocycles. The summed E-state index contributed by atoms with van der Waals surface area (Å²) in [7, 11) is 0. The van der Waals surface area contributed by atoms with E-state index in [4.69, 9.17) is 5.11 Å². The van der Waals surface area contributed by atoms with E-state index >= 15 is 0 Å². The van der Waals surface area contributed by atoms with Crippen molar-refractivity contribution in [2.45, 2.75) is 19.3 Å². The normalized spacial score (nSPS) is 10.3. The number of carbonyl (C=O) groups excluding carboxylic acids is 1. The average molecular weight is 296 g/mol. The Labute approximate surface area is 117 Å². The number of hydrogen-bond donors (Lipinski definition) is 2. The highest BCUT2D eigenvalue weighted by Crippen LogP contribution is 2.19. The molecule has 0 unspecified atom stereocenters. The summed E-state index contributed by atoms with van der Waals surface area (Å²) in [4.78, 5) is 27.1. The summed E-state index contributed by atoms with van der Waals surface area (Å²) in [5.41, 5.74) is 0.813. The third-order valence-corrected chi connectivity index (χ3v) is 4.02. The number of aryl methyl sites for hydroxylation is 1. The van der Waals surface area contributed by atoms with Crippen molar-refractivity contribution in [1.29, 1.82) is 0 Å². The van der Waals surface area contributed by atoms with E-state index in [1.54, 1.807) is 6.07 Å². The number of nitrogens with zero attached hydrogens (tertiary/aromatic N) is 1. The summed E-state index contributed by atoms with van der Waals surface area (Å²) in [5.74, 6) is -0.970. The Morgan fingerprint density at radius 2 is 2.21 bits per heavy atom. The molecular formula is C12H12N2O3S2. The molecule has 2 aromatic rings. The number of carboxylic acid groups (broad SMARTS) is 1. The van der Waals surface area contributed by atoms with Crippen molar-refractivity contribution in [3.63, 3.8) is 0 Å². The van der Waals surface area contributed by atoms with E-state index in [9.17, 15) is 9.59 Å². The lowest BCUT2D eigenvalue weighted by molar-refractivity contribution is -0.137. The van der Waals surface area contributed by atoms with Crippen LogP contribution in [0.5, 0.6) is 0 Å². The highest BCUT2D eigenvalue weighted by molar-refractivity contribution is 7.14. The van der Waals surface area contributed by atoms with Crippen LogP contribution in [0.15, 0.2) is 22.9 Å². The lowest BCUT2D eigenvalue weighted by atomic mass is 10.2. The number of thiophene rings is 1. The van der Waals surface area contributed by atoms with Crippen molar-refractivity contribution in [1.82, 2.24) is 4.98 Å².